The molecule has 0 radical (unpaired) electrons. The molecule has 1 atom stereocenters. The molecule has 0 fully saturated rings. The number of hydrogen-bond donors (Lipinski definition) is 2. The van der Waals surface area contributed by atoms with Gasteiger partial charge in [-0.15, -0.1) is 0 Å². The van der Waals surface area contributed by atoms with E-state index in [0.717, 1.165) is 0 Å². The largest absolute Gasteiger partial charge is 0.453 e. The van der Waals surface area contributed by atoms with Crippen LogP contribution in [0.2, 0.25) is 0 Å². The lowest BCUT2D eigenvalue weighted by Crippen LogP contribution is -2.54. The van der Waals surface area contributed by atoms with Gasteiger partial charge in [0, 0.05) is 6.04 Å². The van der Waals surface area contributed by atoms with Crippen molar-refractivity contribution in [2.75, 3.05) is 7.11 Å². The first-order valence-electron chi connectivity index (χ1n) is 6.85. The van der Waals surface area contributed by atoms with E-state index in [2.05, 4.69) is 43.1 Å². The lowest BCUT2D eigenvalue weighted by Gasteiger charge is -2.29. The molecule has 0 aliphatic heterocycles. The second kappa shape index (κ2) is 8.02. The number of carbonyl (C=O) groups excluding carboxylic acids is 2. The Morgan fingerprint density at radius 3 is 1.63 bits per heavy atom. The fourth-order valence-corrected chi connectivity index (χ4v) is 2.08. The molecule has 0 spiro atoms. The number of alkyl carbamates (subject to hydrolysis) is 1. The Morgan fingerprint density at radius 1 is 0.842 bits per heavy atom. The van der Waals surface area contributed by atoms with Gasteiger partial charge in [-0.25, -0.2) is 4.79 Å². The van der Waals surface area contributed by atoms with Crippen LogP contribution in [-0.4, -0.2) is 31.2 Å². The molecule has 2 amide bonds. The molecule has 0 aromatic heterocycles. The number of amides is 2. The quantitative estimate of drug-likeness (QED) is 0.778. The van der Waals surface area contributed by atoms with Crippen LogP contribution >= 0.6 is 0 Å². The predicted octanol–water partition coefficient (Wildman–Crippen LogP) is 2.16. The summed E-state index contributed by atoms with van der Waals surface area (Å²) in [6, 6.07) is -0.486. The molecule has 0 aliphatic carbocycles. The lowest BCUT2D eigenvalue weighted by molar-refractivity contribution is -0.125. The summed E-state index contributed by atoms with van der Waals surface area (Å²) < 4.78 is 4.55. The van der Waals surface area contributed by atoms with Crippen molar-refractivity contribution in [2.24, 2.45) is 17.8 Å². The molecule has 5 nitrogen and oxygen atoms in total. The van der Waals surface area contributed by atoms with Crippen LogP contribution in [0.25, 0.3) is 0 Å². The van der Waals surface area contributed by atoms with Crippen LogP contribution in [0, 0.1) is 17.8 Å². The molecule has 1 unspecified atom stereocenters. The molecule has 0 bridgehead atoms. The number of hydrogen-bond acceptors (Lipinski definition) is 3. The Hall–Kier alpha value is -1.26. The summed E-state index contributed by atoms with van der Waals surface area (Å²) in [5, 5.41) is 5.59. The van der Waals surface area contributed by atoms with E-state index in [9.17, 15) is 9.59 Å². The first-order valence-corrected chi connectivity index (χ1v) is 6.85. The van der Waals surface area contributed by atoms with Crippen LogP contribution in [0.4, 0.5) is 4.79 Å². The van der Waals surface area contributed by atoms with Gasteiger partial charge in [0.15, 0.2) is 0 Å². The second-order valence-electron chi connectivity index (χ2n) is 5.88. The van der Waals surface area contributed by atoms with Crippen molar-refractivity contribution in [1.82, 2.24) is 10.6 Å². The minimum Gasteiger partial charge on any atom is -0.453 e. The average Bonchev–Trinajstić information content (AvgIpc) is 2.30. The van der Waals surface area contributed by atoms with Gasteiger partial charge in [-0.3, -0.25) is 4.79 Å². The monoisotopic (exact) mass is 272 g/mol. The zero-order valence-electron chi connectivity index (χ0n) is 13.1. The van der Waals surface area contributed by atoms with E-state index in [1.54, 1.807) is 0 Å². The zero-order chi connectivity index (χ0) is 15.2. The van der Waals surface area contributed by atoms with Gasteiger partial charge in [0.05, 0.1) is 7.11 Å². The number of ether oxygens (including phenoxy) is 1. The fourth-order valence-electron chi connectivity index (χ4n) is 2.08. The Morgan fingerprint density at radius 2 is 1.32 bits per heavy atom. The smallest absolute Gasteiger partial charge is 0.407 e. The van der Waals surface area contributed by atoms with E-state index >= 15 is 0 Å². The summed E-state index contributed by atoms with van der Waals surface area (Å²) >= 11 is 0. The van der Waals surface area contributed by atoms with Gasteiger partial charge >= 0.3 is 6.09 Å². The average molecular weight is 272 g/mol. The normalized spacial score (nSPS) is 13.0. The predicted molar refractivity (Wildman–Crippen MR) is 75.8 cm³/mol. The maximum Gasteiger partial charge on any atom is 0.407 e. The molecule has 0 aromatic carbocycles. The first-order chi connectivity index (χ1) is 8.70. The minimum atomic E-state index is -0.584. The van der Waals surface area contributed by atoms with Gasteiger partial charge in [-0.05, 0) is 17.8 Å². The van der Waals surface area contributed by atoms with Crippen LogP contribution in [0.5, 0.6) is 0 Å². The molecule has 0 aromatic rings. The number of methoxy groups -OCH3 is 1. The van der Waals surface area contributed by atoms with Gasteiger partial charge < -0.3 is 15.4 Å². The molecular formula is C14H28N2O3. The third kappa shape index (κ3) is 5.94. The summed E-state index contributed by atoms with van der Waals surface area (Å²) in [5.41, 5.74) is 0. The molecular weight excluding hydrogens is 244 g/mol. The molecule has 112 valence electrons. The molecule has 0 heterocycles. The van der Waals surface area contributed by atoms with Crippen LogP contribution in [0.15, 0.2) is 0 Å². The minimum absolute atomic E-state index is 0.000857. The highest BCUT2D eigenvalue weighted by atomic mass is 16.5. The van der Waals surface area contributed by atoms with E-state index < -0.39 is 12.1 Å². The van der Waals surface area contributed by atoms with E-state index in [1.807, 2.05) is 13.8 Å². The lowest BCUT2D eigenvalue weighted by atomic mass is 9.92. The number of rotatable bonds is 6. The van der Waals surface area contributed by atoms with Crippen molar-refractivity contribution in [3.63, 3.8) is 0 Å². The number of nitrogens with one attached hydrogen (secondary N) is 2. The van der Waals surface area contributed by atoms with Gasteiger partial charge in [-0.2, -0.15) is 0 Å². The molecule has 19 heavy (non-hydrogen) atoms. The Bertz CT molecular complexity index is 293. The van der Waals surface area contributed by atoms with Crippen LogP contribution < -0.4 is 10.6 Å². The van der Waals surface area contributed by atoms with Gasteiger partial charge in [0.25, 0.3) is 0 Å². The third-order valence-electron chi connectivity index (χ3n) is 3.15. The SMILES string of the molecule is COC(=O)NC(C(=O)NC(C(C)C)C(C)C)C(C)C. The van der Waals surface area contributed by atoms with Crippen molar-refractivity contribution >= 4 is 12.0 Å². The van der Waals surface area contributed by atoms with E-state index in [1.165, 1.54) is 7.11 Å². The van der Waals surface area contributed by atoms with Gasteiger partial charge in [-0.1, -0.05) is 41.5 Å². The number of carbonyl (C=O) groups is 2. The van der Waals surface area contributed by atoms with Crippen LogP contribution in [0.3, 0.4) is 0 Å². The van der Waals surface area contributed by atoms with Crippen LogP contribution in [0.1, 0.15) is 41.5 Å². The Labute approximate surface area is 116 Å². The summed E-state index contributed by atoms with van der Waals surface area (Å²) in [7, 11) is 1.29. The zero-order valence-corrected chi connectivity index (χ0v) is 13.1. The summed E-state index contributed by atoms with van der Waals surface area (Å²) in [6.45, 7) is 12.1. The molecule has 5 heteroatoms. The summed E-state index contributed by atoms with van der Waals surface area (Å²) in [4.78, 5) is 23.5. The topological polar surface area (TPSA) is 67.4 Å². The highest BCUT2D eigenvalue weighted by Gasteiger charge is 2.28. The maximum absolute atomic E-state index is 12.3. The van der Waals surface area contributed by atoms with E-state index in [4.69, 9.17) is 0 Å². The van der Waals surface area contributed by atoms with Gasteiger partial charge in [0.2, 0.25) is 5.91 Å². The van der Waals surface area contributed by atoms with Crippen molar-refractivity contribution in [1.29, 1.82) is 0 Å². The van der Waals surface area contributed by atoms with E-state index in [-0.39, 0.29) is 17.9 Å². The maximum atomic E-state index is 12.3. The van der Waals surface area contributed by atoms with E-state index in [0.29, 0.717) is 11.8 Å². The Kier molecular flexibility index (Phi) is 7.49. The highest BCUT2D eigenvalue weighted by Crippen LogP contribution is 2.13. The standard InChI is InChI=1S/C14H28N2O3/c1-8(2)11(9(3)4)15-13(17)12(10(5)6)16-14(18)19-7/h8-12H,1-7H3,(H,15,17)(H,16,18). The highest BCUT2D eigenvalue weighted by molar-refractivity contribution is 5.86. The molecule has 0 saturated heterocycles. The first kappa shape index (κ1) is 17.7. The molecule has 0 rings (SSSR count). The van der Waals surface area contributed by atoms with Crippen molar-refractivity contribution in [3.8, 4) is 0 Å². The van der Waals surface area contributed by atoms with Crippen molar-refractivity contribution in [3.05, 3.63) is 0 Å². The fraction of sp³-hybridized carbons (Fsp3) is 0.857. The van der Waals surface area contributed by atoms with Crippen molar-refractivity contribution < 1.29 is 14.3 Å². The summed E-state index contributed by atoms with van der Waals surface area (Å²) in [5.74, 6) is 0.525. The molecule has 0 aliphatic rings. The second-order valence-corrected chi connectivity index (χ2v) is 5.88. The molecule has 2 N–H and O–H groups in total. The summed E-state index contributed by atoms with van der Waals surface area (Å²) in [6.07, 6.45) is -0.584. The van der Waals surface area contributed by atoms with Crippen LogP contribution in [-0.2, 0) is 9.53 Å². The molecule has 0 saturated carbocycles. The van der Waals surface area contributed by atoms with Crippen molar-refractivity contribution in [2.45, 2.75) is 53.6 Å². The van der Waals surface area contributed by atoms with Gasteiger partial charge in [0.1, 0.15) is 6.04 Å². The third-order valence-corrected chi connectivity index (χ3v) is 3.15. The Balaban J connectivity index is 4.76.